The first kappa shape index (κ1) is 17.9. The predicted molar refractivity (Wildman–Crippen MR) is 101 cm³/mol. The number of carbonyl (C=O) groups excluding carboxylic acids is 1. The number of aryl methyl sites for hydroxylation is 1. The lowest BCUT2D eigenvalue weighted by atomic mass is 9.98. The molecule has 1 aliphatic rings. The predicted octanol–water partition coefficient (Wildman–Crippen LogP) is 2.67. The van der Waals surface area contributed by atoms with E-state index in [1.54, 1.807) is 23.0 Å². The van der Waals surface area contributed by atoms with Crippen molar-refractivity contribution in [2.24, 2.45) is 18.7 Å². The third-order valence-corrected chi connectivity index (χ3v) is 5.31. The molecule has 0 saturated carbocycles. The number of amides is 1. The first-order chi connectivity index (χ1) is 12.0. The van der Waals surface area contributed by atoms with E-state index in [0.717, 1.165) is 47.4 Å². The van der Waals surface area contributed by atoms with Crippen molar-refractivity contribution >= 4 is 21.8 Å². The minimum atomic E-state index is -0.457. The second-order valence-corrected chi connectivity index (χ2v) is 7.45. The Labute approximate surface area is 156 Å². The van der Waals surface area contributed by atoms with Gasteiger partial charge in [0.1, 0.15) is 5.75 Å². The standard InChI is InChI=1S/C18H23BrN4O2/c1-22-7-5-12(6-8-22)11-25-16-4-3-13(18(20)24)9-14(16)17-15(19)10-21-23(17)2/h3-4,9-10,12H,5-8,11H2,1-2H3,(H2,20,24). The van der Waals surface area contributed by atoms with Crippen LogP contribution in [0, 0.1) is 5.92 Å². The summed E-state index contributed by atoms with van der Waals surface area (Å²) in [6.45, 7) is 2.88. The zero-order valence-electron chi connectivity index (χ0n) is 14.5. The van der Waals surface area contributed by atoms with Gasteiger partial charge in [-0.1, -0.05) is 0 Å². The molecule has 2 N–H and O–H groups in total. The van der Waals surface area contributed by atoms with Crippen molar-refractivity contribution in [2.75, 3.05) is 26.7 Å². The molecule has 2 aromatic rings. The van der Waals surface area contributed by atoms with Gasteiger partial charge in [-0.15, -0.1) is 0 Å². The molecule has 6 nitrogen and oxygen atoms in total. The molecule has 1 amide bonds. The van der Waals surface area contributed by atoms with Gasteiger partial charge in [0, 0.05) is 18.2 Å². The lowest BCUT2D eigenvalue weighted by Crippen LogP contribution is -2.32. The van der Waals surface area contributed by atoms with Crippen LogP contribution in [0.2, 0.25) is 0 Å². The number of rotatable bonds is 5. The fourth-order valence-corrected chi connectivity index (χ4v) is 3.71. The van der Waals surface area contributed by atoms with Crippen molar-refractivity contribution in [1.82, 2.24) is 14.7 Å². The molecule has 0 bridgehead atoms. The van der Waals surface area contributed by atoms with Gasteiger partial charge in [0.25, 0.3) is 0 Å². The van der Waals surface area contributed by atoms with Gasteiger partial charge in [0.15, 0.2) is 0 Å². The lowest BCUT2D eigenvalue weighted by Gasteiger charge is -2.29. The number of benzene rings is 1. The van der Waals surface area contributed by atoms with E-state index in [1.807, 2.05) is 13.1 Å². The van der Waals surface area contributed by atoms with Crippen molar-refractivity contribution in [1.29, 1.82) is 0 Å². The van der Waals surface area contributed by atoms with E-state index in [9.17, 15) is 4.79 Å². The molecule has 25 heavy (non-hydrogen) atoms. The largest absolute Gasteiger partial charge is 0.493 e. The lowest BCUT2D eigenvalue weighted by molar-refractivity contribution is 0.1000. The molecular formula is C18H23BrN4O2. The fraction of sp³-hybridized carbons (Fsp3) is 0.444. The summed E-state index contributed by atoms with van der Waals surface area (Å²) in [4.78, 5) is 13.9. The number of aromatic nitrogens is 2. The minimum absolute atomic E-state index is 0.453. The Balaban J connectivity index is 1.87. The van der Waals surface area contributed by atoms with Gasteiger partial charge < -0.3 is 15.4 Å². The first-order valence-electron chi connectivity index (χ1n) is 8.38. The highest BCUT2D eigenvalue weighted by Crippen LogP contribution is 2.36. The second-order valence-electron chi connectivity index (χ2n) is 6.60. The molecule has 7 heteroatoms. The van der Waals surface area contributed by atoms with Crippen LogP contribution in [-0.2, 0) is 7.05 Å². The Hall–Kier alpha value is -1.86. The third kappa shape index (κ3) is 4.04. The van der Waals surface area contributed by atoms with Gasteiger partial charge in [0.2, 0.25) is 5.91 Å². The van der Waals surface area contributed by atoms with Crippen LogP contribution in [-0.4, -0.2) is 47.3 Å². The molecule has 0 unspecified atom stereocenters. The number of piperidine rings is 1. The minimum Gasteiger partial charge on any atom is -0.493 e. The molecule has 0 radical (unpaired) electrons. The summed E-state index contributed by atoms with van der Waals surface area (Å²) in [6.07, 6.45) is 4.01. The number of likely N-dealkylation sites (tertiary alicyclic amines) is 1. The van der Waals surface area contributed by atoms with E-state index < -0.39 is 5.91 Å². The molecule has 3 rings (SSSR count). The van der Waals surface area contributed by atoms with E-state index in [-0.39, 0.29) is 0 Å². The van der Waals surface area contributed by atoms with Crippen molar-refractivity contribution < 1.29 is 9.53 Å². The zero-order valence-corrected chi connectivity index (χ0v) is 16.1. The number of ether oxygens (including phenoxy) is 1. The Kier molecular flexibility index (Phi) is 5.44. The molecule has 1 fully saturated rings. The number of nitrogens with zero attached hydrogens (tertiary/aromatic N) is 3. The van der Waals surface area contributed by atoms with Crippen LogP contribution in [0.3, 0.4) is 0 Å². The molecule has 1 aromatic heterocycles. The molecule has 134 valence electrons. The zero-order chi connectivity index (χ0) is 18.0. The highest BCUT2D eigenvalue weighted by molar-refractivity contribution is 9.10. The summed E-state index contributed by atoms with van der Waals surface area (Å²) in [6, 6.07) is 5.30. The van der Waals surface area contributed by atoms with E-state index in [1.165, 1.54) is 0 Å². The quantitative estimate of drug-likeness (QED) is 0.827. The summed E-state index contributed by atoms with van der Waals surface area (Å²) in [5, 5.41) is 4.26. The molecule has 1 saturated heterocycles. The average molecular weight is 407 g/mol. The number of hydrogen-bond acceptors (Lipinski definition) is 4. The molecule has 1 aromatic carbocycles. The van der Waals surface area contributed by atoms with Crippen molar-refractivity contribution in [3.63, 3.8) is 0 Å². The smallest absolute Gasteiger partial charge is 0.248 e. The van der Waals surface area contributed by atoms with Gasteiger partial charge in [-0.3, -0.25) is 9.48 Å². The van der Waals surface area contributed by atoms with Crippen molar-refractivity contribution in [3.8, 4) is 17.0 Å². The fourth-order valence-electron chi connectivity index (χ4n) is 3.14. The number of nitrogens with two attached hydrogens (primary N) is 1. The number of primary amides is 1. The maximum absolute atomic E-state index is 11.6. The van der Waals surface area contributed by atoms with E-state index in [2.05, 4.69) is 33.0 Å². The SMILES string of the molecule is CN1CCC(COc2ccc(C(N)=O)cc2-c2c(Br)cnn2C)CC1. The highest BCUT2D eigenvalue weighted by atomic mass is 79.9. The third-order valence-electron chi connectivity index (χ3n) is 4.73. The normalized spacial score (nSPS) is 16.1. The van der Waals surface area contributed by atoms with Crippen LogP contribution in [0.25, 0.3) is 11.3 Å². The molecular weight excluding hydrogens is 384 g/mol. The van der Waals surface area contributed by atoms with Crippen LogP contribution >= 0.6 is 15.9 Å². The average Bonchev–Trinajstić information content (AvgIpc) is 2.93. The van der Waals surface area contributed by atoms with Gasteiger partial charge >= 0.3 is 0 Å². The van der Waals surface area contributed by atoms with Gasteiger partial charge in [-0.25, -0.2) is 0 Å². The Morgan fingerprint density at radius 1 is 1.36 bits per heavy atom. The number of carbonyl (C=O) groups is 1. The molecule has 2 heterocycles. The summed E-state index contributed by atoms with van der Waals surface area (Å²) < 4.78 is 8.75. The highest BCUT2D eigenvalue weighted by Gasteiger charge is 2.20. The second kappa shape index (κ2) is 7.58. The van der Waals surface area contributed by atoms with Gasteiger partial charge in [0.05, 0.1) is 23.0 Å². The van der Waals surface area contributed by atoms with Crippen molar-refractivity contribution in [2.45, 2.75) is 12.8 Å². The first-order valence-corrected chi connectivity index (χ1v) is 9.18. The van der Waals surface area contributed by atoms with Crippen LogP contribution in [0.4, 0.5) is 0 Å². The number of halogens is 1. The van der Waals surface area contributed by atoms with Crippen LogP contribution in [0.15, 0.2) is 28.9 Å². The van der Waals surface area contributed by atoms with Crippen molar-refractivity contribution in [3.05, 3.63) is 34.4 Å². The van der Waals surface area contributed by atoms with Crippen LogP contribution < -0.4 is 10.5 Å². The Bertz CT molecular complexity index is 747. The van der Waals surface area contributed by atoms with Crippen LogP contribution in [0.5, 0.6) is 5.75 Å². The monoisotopic (exact) mass is 406 g/mol. The topological polar surface area (TPSA) is 73.4 Å². The Morgan fingerprint density at radius 3 is 2.68 bits per heavy atom. The molecule has 0 atom stereocenters. The number of hydrogen-bond donors (Lipinski definition) is 1. The maximum Gasteiger partial charge on any atom is 0.248 e. The Morgan fingerprint density at radius 2 is 2.08 bits per heavy atom. The van der Waals surface area contributed by atoms with Gasteiger partial charge in [-0.05, 0) is 73.0 Å². The summed E-state index contributed by atoms with van der Waals surface area (Å²) in [5.41, 5.74) is 7.58. The molecule has 1 aliphatic heterocycles. The molecule has 0 spiro atoms. The van der Waals surface area contributed by atoms with E-state index in [4.69, 9.17) is 10.5 Å². The van der Waals surface area contributed by atoms with E-state index >= 15 is 0 Å². The summed E-state index contributed by atoms with van der Waals surface area (Å²) >= 11 is 3.52. The van der Waals surface area contributed by atoms with Crippen LogP contribution in [0.1, 0.15) is 23.2 Å². The summed E-state index contributed by atoms with van der Waals surface area (Å²) in [7, 11) is 4.01. The summed E-state index contributed by atoms with van der Waals surface area (Å²) in [5.74, 6) is 0.837. The van der Waals surface area contributed by atoms with E-state index in [0.29, 0.717) is 18.1 Å². The van der Waals surface area contributed by atoms with Gasteiger partial charge in [-0.2, -0.15) is 5.10 Å². The maximum atomic E-state index is 11.6. The molecule has 0 aliphatic carbocycles.